The van der Waals surface area contributed by atoms with Gasteiger partial charge in [0, 0.05) is 31.4 Å². The highest BCUT2D eigenvalue weighted by Gasteiger charge is 2.25. The van der Waals surface area contributed by atoms with Gasteiger partial charge in [0.2, 0.25) is 0 Å². The van der Waals surface area contributed by atoms with Gasteiger partial charge < -0.3 is 4.74 Å². The minimum absolute atomic E-state index is 0.382. The van der Waals surface area contributed by atoms with Crippen LogP contribution >= 0.6 is 0 Å². The van der Waals surface area contributed by atoms with Crippen molar-refractivity contribution in [3.05, 3.63) is 53.9 Å². The number of hydrogen-bond donors (Lipinski definition) is 1. The van der Waals surface area contributed by atoms with Crippen LogP contribution in [0.15, 0.2) is 36.7 Å². The summed E-state index contributed by atoms with van der Waals surface area (Å²) in [5, 5.41) is 11.7. The summed E-state index contributed by atoms with van der Waals surface area (Å²) in [5.74, 6) is 3.07. The van der Waals surface area contributed by atoms with Gasteiger partial charge in [0.25, 0.3) is 0 Å². The minimum atomic E-state index is 0.382. The van der Waals surface area contributed by atoms with E-state index in [9.17, 15) is 0 Å². The molecule has 0 spiro atoms. The number of piperidine rings is 1. The maximum atomic E-state index is 5.44. The summed E-state index contributed by atoms with van der Waals surface area (Å²) in [5.41, 5.74) is 2.30. The van der Waals surface area contributed by atoms with Gasteiger partial charge in [-0.05, 0) is 56.1 Å². The molecule has 3 aromatic rings. The lowest BCUT2D eigenvalue weighted by atomic mass is 9.96. The third-order valence-corrected chi connectivity index (χ3v) is 4.92. The van der Waals surface area contributed by atoms with Crippen LogP contribution < -0.4 is 4.74 Å². The fraction of sp³-hybridized carbons (Fsp3) is 0.421. The largest absolute Gasteiger partial charge is 0.497 e. The van der Waals surface area contributed by atoms with E-state index in [1.54, 1.807) is 13.3 Å². The summed E-state index contributed by atoms with van der Waals surface area (Å²) in [7, 11) is 1.70. The van der Waals surface area contributed by atoms with Gasteiger partial charge in [0.1, 0.15) is 11.6 Å². The van der Waals surface area contributed by atoms with Crippen molar-refractivity contribution < 1.29 is 4.74 Å². The van der Waals surface area contributed by atoms with E-state index in [0.29, 0.717) is 5.92 Å². The molecule has 0 bridgehead atoms. The van der Waals surface area contributed by atoms with Crippen LogP contribution in [0, 0.1) is 6.92 Å². The number of methoxy groups -OCH3 is 1. The smallest absolute Gasteiger partial charge is 0.155 e. The number of nitrogens with one attached hydrogen (secondary N) is 1. The number of hydrogen-bond acceptors (Lipinski definition) is 5. The molecule has 0 saturated carbocycles. The van der Waals surface area contributed by atoms with Crippen molar-refractivity contribution >= 4 is 0 Å². The first-order valence-corrected chi connectivity index (χ1v) is 9.01. The summed E-state index contributed by atoms with van der Waals surface area (Å²) in [6, 6.07) is 8.10. The molecule has 4 rings (SSSR count). The van der Waals surface area contributed by atoms with E-state index in [2.05, 4.69) is 37.3 Å². The summed E-state index contributed by atoms with van der Waals surface area (Å²) in [6.07, 6.45) is 6.06. The summed E-state index contributed by atoms with van der Waals surface area (Å²) < 4.78 is 7.35. The maximum absolute atomic E-state index is 5.44. The van der Waals surface area contributed by atoms with Crippen LogP contribution in [-0.4, -0.2) is 50.1 Å². The van der Waals surface area contributed by atoms with E-state index >= 15 is 0 Å². The zero-order chi connectivity index (χ0) is 17.9. The molecular formula is C19H24N6O. The molecule has 0 aliphatic carbocycles. The first-order chi connectivity index (χ1) is 12.7. The van der Waals surface area contributed by atoms with Crippen LogP contribution in [0.4, 0.5) is 0 Å². The summed E-state index contributed by atoms with van der Waals surface area (Å²) >= 11 is 0. The standard InChI is InChI=1S/C19H24N6O/c1-14-21-19(23-22-14)15-5-3-9-24(12-15)13-16-11-17(26-2)6-7-18(16)25-10-4-8-20-25/h4,6-8,10-11,15H,3,5,9,12-13H2,1-2H3,(H,21,22,23). The van der Waals surface area contributed by atoms with Gasteiger partial charge in [-0.15, -0.1) is 0 Å². The molecule has 1 aromatic carbocycles. The third-order valence-electron chi connectivity index (χ3n) is 4.92. The molecule has 1 atom stereocenters. The molecule has 1 saturated heterocycles. The monoisotopic (exact) mass is 352 g/mol. The molecule has 0 amide bonds. The van der Waals surface area contributed by atoms with E-state index < -0.39 is 0 Å². The average Bonchev–Trinajstić information content (AvgIpc) is 3.34. The Morgan fingerprint density at radius 3 is 3.00 bits per heavy atom. The van der Waals surface area contributed by atoms with Gasteiger partial charge in [-0.1, -0.05) is 0 Å². The lowest BCUT2D eigenvalue weighted by molar-refractivity contribution is 0.196. The molecule has 1 N–H and O–H groups in total. The Balaban J connectivity index is 1.56. The van der Waals surface area contributed by atoms with E-state index in [-0.39, 0.29) is 0 Å². The van der Waals surface area contributed by atoms with Gasteiger partial charge >= 0.3 is 0 Å². The first kappa shape index (κ1) is 16.8. The van der Waals surface area contributed by atoms with Crippen molar-refractivity contribution in [2.24, 2.45) is 0 Å². The number of likely N-dealkylation sites (tertiary alicyclic amines) is 1. The lowest BCUT2D eigenvalue weighted by Gasteiger charge is -2.32. The molecule has 2 aromatic heterocycles. The van der Waals surface area contributed by atoms with Crippen molar-refractivity contribution in [3.63, 3.8) is 0 Å². The lowest BCUT2D eigenvalue weighted by Crippen LogP contribution is -2.34. The maximum Gasteiger partial charge on any atom is 0.155 e. The van der Waals surface area contributed by atoms with Gasteiger partial charge in [0.05, 0.1) is 12.8 Å². The Morgan fingerprint density at radius 1 is 1.35 bits per heavy atom. The number of nitrogens with zero attached hydrogens (tertiary/aromatic N) is 5. The van der Waals surface area contributed by atoms with Crippen molar-refractivity contribution in [2.45, 2.75) is 32.2 Å². The van der Waals surface area contributed by atoms with Crippen LogP contribution in [-0.2, 0) is 6.54 Å². The fourth-order valence-corrected chi connectivity index (χ4v) is 3.64. The van der Waals surface area contributed by atoms with Crippen molar-refractivity contribution in [2.75, 3.05) is 20.2 Å². The fourth-order valence-electron chi connectivity index (χ4n) is 3.64. The molecule has 3 heterocycles. The Hall–Kier alpha value is -2.67. The molecule has 136 valence electrons. The quantitative estimate of drug-likeness (QED) is 0.764. The van der Waals surface area contributed by atoms with E-state index in [4.69, 9.17) is 4.74 Å². The molecule has 1 aliphatic rings. The SMILES string of the molecule is COc1ccc(-n2cccn2)c(CN2CCCC(c3n[nH]c(C)n3)C2)c1. The average molecular weight is 352 g/mol. The predicted molar refractivity (Wildman–Crippen MR) is 98.5 cm³/mol. The van der Waals surface area contributed by atoms with Crippen molar-refractivity contribution in [1.29, 1.82) is 0 Å². The third kappa shape index (κ3) is 3.48. The molecule has 0 radical (unpaired) electrons. The Kier molecular flexibility index (Phi) is 4.71. The second-order valence-electron chi connectivity index (χ2n) is 6.80. The molecule has 26 heavy (non-hydrogen) atoms. The molecule has 1 aliphatic heterocycles. The summed E-state index contributed by atoms with van der Waals surface area (Å²) in [6.45, 7) is 4.85. The van der Waals surface area contributed by atoms with E-state index in [0.717, 1.165) is 55.6 Å². The van der Waals surface area contributed by atoms with Gasteiger partial charge in [-0.25, -0.2) is 9.67 Å². The highest BCUT2D eigenvalue weighted by molar-refractivity contribution is 5.45. The zero-order valence-electron chi connectivity index (χ0n) is 15.2. The highest BCUT2D eigenvalue weighted by Crippen LogP contribution is 2.28. The van der Waals surface area contributed by atoms with E-state index in [1.165, 1.54) is 5.56 Å². The van der Waals surface area contributed by atoms with Gasteiger partial charge in [0.15, 0.2) is 5.82 Å². The molecule has 1 unspecified atom stereocenters. The Labute approximate surface area is 153 Å². The number of aryl methyl sites for hydroxylation is 1. The molecule has 1 fully saturated rings. The van der Waals surface area contributed by atoms with Gasteiger partial charge in [-0.3, -0.25) is 10.00 Å². The van der Waals surface area contributed by atoms with Crippen LogP contribution in [0.3, 0.4) is 0 Å². The molecule has 7 heteroatoms. The first-order valence-electron chi connectivity index (χ1n) is 9.01. The highest BCUT2D eigenvalue weighted by atomic mass is 16.5. The van der Waals surface area contributed by atoms with Crippen LogP contribution in [0.25, 0.3) is 5.69 Å². The normalized spacial score (nSPS) is 18.2. The van der Waals surface area contributed by atoms with Crippen molar-refractivity contribution in [3.8, 4) is 11.4 Å². The number of benzene rings is 1. The summed E-state index contributed by atoms with van der Waals surface area (Å²) in [4.78, 5) is 7.01. The Bertz CT molecular complexity index is 857. The number of H-pyrrole nitrogens is 1. The predicted octanol–water partition coefficient (Wildman–Crippen LogP) is 2.69. The number of aromatic amines is 1. The van der Waals surface area contributed by atoms with Gasteiger partial charge in [-0.2, -0.15) is 10.2 Å². The van der Waals surface area contributed by atoms with Crippen molar-refractivity contribution in [1.82, 2.24) is 29.9 Å². The number of aromatic nitrogens is 5. The van der Waals surface area contributed by atoms with Crippen LogP contribution in [0.5, 0.6) is 5.75 Å². The second kappa shape index (κ2) is 7.29. The van der Waals surface area contributed by atoms with Crippen LogP contribution in [0.1, 0.15) is 36.0 Å². The topological polar surface area (TPSA) is 71.9 Å². The van der Waals surface area contributed by atoms with E-state index in [1.807, 2.05) is 29.9 Å². The number of ether oxygens (including phenoxy) is 1. The minimum Gasteiger partial charge on any atom is -0.497 e. The number of rotatable bonds is 5. The second-order valence-corrected chi connectivity index (χ2v) is 6.80. The zero-order valence-corrected chi connectivity index (χ0v) is 15.2. The Morgan fingerprint density at radius 2 is 2.27 bits per heavy atom. The molecule has 7 nitrogen and oxygen atoms in total. The van der Waals surface area contributed by atoms with Crippen LogP contribution in [0.2, 0.25) is 0 Å². The molecular weight excluding hydrogens is 328 g/mol.